The Morgan fingerprint density at radius 3 is 2.67 bits per heavy atom. The Balaban J connectivity index is 1.38. The number of ether oxygens (including phenoxy) is 1. The lowest BCUT2D eigenvalue weighted by Gasteiger charge is -2.32. The number of likely N-dealkylation sites (tertiary alicyclic amines) is 1. The summed E-state index contributed by atoms with van der Waals surface area (Å²) in [6.07, 6.45) is 4.87. The molecule has 230 valence electrons. The largest absolute Gasteiger partial charge is 0.494 e. The molecule has 1 aliphatic heterocycles. The summed E-state index contributed by atoms with van der Waals surface area (Å²) in [5.74, 6) is -2.27. The van der Waals surface area contributed by atoms with Crippen molar-refractivity contribution < 1.29 is 18.3 Å². The SMILES string of the molecule is COc1cc(C(=O)N2CCC[C@@H](CN)C2)cc2nc(-c3cc4cccc(-c5cnc(C#N)nc5)c4n3CC3CC3(F)F)n(C)c12. The molecule has 0 bridgehead atoms. The number of alkyl halides is 2. The first-order chi connectivity index (χ1) is 21.7. The number of piperidine rings is 1. The molecular weight excluding hydrogens is 578 g/mol. The third-order valence-corrected chi connectivity index (χ3v) is 9.11. The molecule has 4 heterocycles. The van der Waals surface area contributed by atoms with E-state index in [-0.39, 0.29) is 30.6 Å². The molecule has 2 atom stereocenters. The number of carbonyl (C=O) groups excluding carboxylic acids is 1. The molecule has 7 rings (SSSR count). The van der Waals surface area contributed by atoms with Gasteiger partial charge in [-0.3, -0.25) is 4.79 Å². The molecule has 2 aromatic carbocycles. The Morgan fingerprint density at radius 2 is 1.98 bits per heavy atom. The van der Waals surface area contributed by atoms with Gasteiger partial charge in [0, 0.05) is 73.5 Å². The van der Waals surface area contributed by atoms with Crippen LogP contribution in [0.4, 0.5) is 8.78 Å². The van der Waals surface area contributed by atoms with E-state index >= 15 is 0 Å². The average molecular weight is 611 g/mol. The number of para-hydroxylation sites is 1. The van der Waals surface area contributed by atoms with Crippen molar-refractivity contribution >= 4 is 27.8 Å². The number of methoxy groups -OCH3 is 1. The van der Waals surface area contributed by atoms with Crippen LogP contribution in [-0.2, 0) is 13.6 Å². The topological polar surface area (TPSA) is 128 Å². The summed E-state index contributed by atoms with van der Waals surface area (Å²) in [4.78, 5) is 28.7. The third-order valence-electron chi connectivity index (χ3n) is 9.11. The predicted octanol–water partition coefficient (Wildman–Crippen LogP) is 5.00. The maximum Gasteiger partial charge on any atom is 0.254 e. The lowest BCUT2D eigenvalue weighted by Crippen LogP contribution is -2.42. The highest BCUT2D eigenvalue weighted by atomic mass is 19.3. The minimum absolute atomic E-state index is 0.0469. The maximum absolute atomic E-state index is 14.4. The van der Waals surface area contributed by atoms with Gasteiger partial charge in [0.25, 0.3) is 11.8 Å². The van der Waals surface area contributed by atoms with Crippen LogP contribution in [0.15, 0.2) is 48.8 Å². The van der Waals surface area contributed by atoms with E-state index in [1.165, 1.54) is 0 Å². The van der Waals surface area contributed by atoms with Crippen molar-refractivity contribution in [3.63, 3.8) is 0 Å². The second kappa shape index (κ2) is 10.9. The van der Waals surface area contributed by atoms with Crippen molar-refractivity contribution in [2.45, 2.75) is 31.7 Å². The van der Waals surface area contributed by atoms with Crippen LogP contribution in [0.2, 0.25) is 0 Å². The average Bonchev–Trinajstić information content (AvgIpc) is 3.33. The lowest BCUT2D eigenvalue weighted by atomic mass is 9.97. The Bertz CT molecular complexity index is 1990. The van der Waals surface area contributed by atoms with Crippen molar-refractivity contribution in [1.82, 2.24) is 29.0 Å². The quantitative estimate of drug-likeness (QED) is 0.275. The highest BCUT2D eigenvalue weighted by Crippen LogP contribution is 2.51. The van der Waals surface area contributed by atoms with Gasteiger partial charge in [-0.15, -0.1) is 0 Å². The molecule has 0 spiro atoms. The van der Waals surface area contributed by atoms with Gasteiger partial charge >= 0.3 is 0 Å². The minimum Gasteiger partial charge on any atom is -0.494 e. The van der Waals surface area contributed by atoms with Gasteiger partial charge in [-0.2, -0.15) is 5.26 Å². The second-order valence-electron chi connectivity index (χ2n) is 12.0. The van der Waals surface area contributed by atoms with Gasteiger partial charge in [-0.25, -0.2) is 23.7 Å². The van der Waals surface area contributed by atoms with Crippen LogP contribution in [0.1, 0.15) is 35.4 Å². The van der Waals surface area contributed by atoms with Gasteiger partial charge in [0.15, 0.2) is 5.82 Å². The van der Waals surface area contributed by atoms with E-state index in [9.17, 15) is 13.6 Å². The fourth-order valence-corrected chi connectivity index (χ4v) is 6.59. The van der Waals surface area contributed by atoms with E-state index in [1.54, 1.807) is 31.6 Å². The Morgan fingerprint density at radius 1 is 1.20 bits per heavy atom. The predicted molar refractivity (Wildman–Crippen MR) is 165 cm³/mol. The van der Waals surface area contributed by atoms with Crippen molar-refractivity contribution in [3.05, 3.63) is 60.2 Å². The van der Waals surface area contributed by atoms with E-state index in [0.29, 0.717) is 59.1 Å². The number of fused-ring (bicyclic) bond motifs is 2. The molecule has 1 saturated carbocycles. The van der Waals surface area contributed by atoms with E-state index < -0.39 is 11.8 Å². The van der Waals surface area contributed by atoms with Gasteiger partial charge in [0.05, 0.1) is 23.8 Å². The van der Waals surface area contributed by atoms with Crippen LogP contribution < -0.4 is 10.5 Å². The first-order valence-electron chi connectivity index (χ1n) is 15.0. The van der Waals surface area contributed by atoms with E-state index in [0.717, 1.165) is 29.3 Å². The Labute approximate surface area is 258 Å². The van der Waals surface area contributed by atoms with Crippen LogP contribution >= 0.6 is 0 Å². The molecule has 3 aromatic heterocycles. The number of halogens is 2. The van der Waals surface area contributed by atoms with Crippen molar-refractivity contribution in [3.8, 4) is 34.5 Å². The molecule has 1 saturated heterocycles. The summed E-state index contributed by atoms with van der Waals surface area (Å²) in [5.41, 5.74) is 10.5. The van der Waals surface area contributed by atoms with Crippen LogP contribution in [0.25, 0.3) is 44.6 Å². The molecule has 10 nitrogen and oxygen atoms in total. The normalized spacial score (nSPS) is 19.2. The minimum atomic E-state index is -2.73. The second-order valence-corrected chi connectivity index (χ2v) is 12.0. The number of amides is 1. The van der Waals surface area contributed by atoms with Crippen molar-refractivity contribution in [2.24, 2.45) is 24.6 Å². The highest BCUT2D eigenvalue weighted by Gasteiger charge is 2.57. The van der Waals surface area contributed by atoms with E-state index in [4.69, 9.17) is 20.7 Å². The molecule has 0 radical (unpaired) electrons. The third kappa shape index (κ3) is 4.97. The maximum atomic E-state index is 14.4. The van der Waals surface area contributed by atoms with Gasteiger partial charge in [0.2, 0.25) is 5.82 Å². The fourth-order valence-electron chi connectivity index (χ4n) is 6.59. The molecule has 45 heavy (non-hydrogen) atoms. The molecule has 1 unspecified atom stereocenters. The lowest BCUT2D eigenvalue weighted by molar-refractivity contribution is 0.0678. The van der Waals surface area contributed by atoms with Crippen molar-refractivity contribution in [1.29, 1.82) is 5.26 Å². The number of nitriles is 1. The summed E-state index contributed by atoms with van der Waals surface area (Å²) in [6, 6.07) is 13.1. The molecule has 5 aromatic rings. The number of hydrogen-bond donors (Lipinski definition) is 1. The fraction of sp³-hybridized carbons (Fsp3) is 0.364. The number of carbonyl (C=O) groups is 1. The molecule has 2 N–H and O–H groups in total. The molecule has 2 fully saturated rings. The monoisotopic (exact) mass is 610 g/mol. The summed E-state index contributed by atoms with van der Waals surface area (Å²) < 4.78 is 38.3. The first kappa shape index (κ1) is 28.9. The van der Waals surface area contributed by atoms with Gasteiger partial charge < -0.3 is 24.5 Å². The number of imidazole rings is 1. The summed E-state index contributed by atoms with van der Waals surface area (Å²) in [5, 5.41) is 10.0. The number of aryl methyl sites for hydroxylation is 1. The van der Waals surface area contributed by atoms with Gasteiger partial charge in [-0.1, -0.05) is 18.2 Å². The molecule has 1 aliphatic carbocycles. The number of nitrogens with zero attached hydrogens (tertiary/aromatic N) is 7. The van der Waals surface area contributed by atoms with Gasteiger partial charge in [-0.05, 0) is 43.5 Å². The zero-order valence-corrected chi connectivity index (χ0v) is 25.0. The van der Waals surface area contributed by atoms with Crippen LogP contribution in [0.3, 0.4) is 0 Å². The standard InChI is InChI=1S/C33H32F2N8O2/c1-41-30-25(9-21(11-27(30)45-2)32(44)42-8-4-5-19(13-36)17-42)40-31(41)26-10-20-6-3-7-24(22-15-38-28(14-37)39-16-22)29(20)43(26)18-23-12-33(23,34)35/h3,6-7,9-11,15-16,19,23H,4-5,8,12-13,17-18,36H2,1-2H3/t19-,23?/m0/s1. The number of hydrogen-bond acceptors (Lipinski definition) is 7. The number of benzene rings is 2. The van der Waals surface area contributed by atoms with Crippen LogP contribution in [-0.4, -0.2) is 67.6 Å². The van der Waals surface area contributed by atoms with Gasteiger partial charge in [0.1, 0.15) is 17.3 Å². The molecule has 2 aliphatic rings. The zero-order chi connectivity index (χ0) is 31.5. The number of nitrogens with two attached hydrogens (primary N) is 1. The smallest absolute Gasteiger partial charge is 0.254 e. The highest BCUT2D eigenvalue weighted by molar-refractivity contribution is 6.01. The van der Waals surface area contributed by atoms with E-state index in [1.807, 2.05) is 51.4 Å². The number of rotatable bonds is 7. The number of aromatic nitrogens is 5. The summed E-state index contributed by atoms with van der Waals surface area (Å²) >= 11 is 0. The van der Waals surface area contributed by atoms with E-state index in [2.05, 4.69) is 9.97 Å². The molecular formula is C33H32F2N8O2. The van der Waals surface area contributed by atoms with Crippen molar-refractivity contribution in [2.75, 3.05) is 26.7 Å². The van der Waals surface area contributed by atoms with Crippen LogP contribution in [0.5, 0.6) is 5.75 Å². The molecule has 12 heteroatoms. The Hall–Kier alpha value is -4.89. The molecule has 1 amide bonds. The zero-order valence-electron chi connectivity index (χ0n) is 25.0. The Kier molecular flexibility index (Phi) is 7.00. The summed E-state index contributed by atoms with van der Waals surface area (Å²) in [6.45, 7) is 1.90. The first-order valence-corrected chi connectivity index (χ1v) is 15.0. The summed E-state index contributed by atoms with van der Waals surface area (Å²) in [7, 11) is 3.41. The van der Waals surface area contributed by atoms with Crippen LogP contribution in [0, 0.1) is 23.2 Å².